The van der Waals surface area contributed by atoms with Gasteiger partial charge in [-0.3, -0.25) is 14.2 Å². The van der Waals surface area contributed by atoms with Gasteiger partial charge in [-0.2, -0.15) is 206 Å². The van der Waals surface area contributed by atoms with Crippen molar-refractivity contribution in [3.05, 3.63) is 12.5 Å². The fourth-order valence-corrected chi connectivity index (χ4v) is 6.27. The summed E-state index contributed by atoms with van der Waals surface area (Å²) in [6.45, 7) is -17.6. The Labute approximate surface area is 644 Å². The van der Waals surface area contributed by atoms with Gasteiger partial charge in [-0.1, -0.05) is 0 Å². The van der Waals surface area contributed by atoms with Crippen molar-refractivity contribution in [1.82, 2.24) is 10.6 Å². The first-order chi connectivity index (χ1) is 53.7. The van der Waals surface area contributed by atoms with E-state index in [9.17, 15) is 246 Å². The highest BCUT2D eigenvalue weighted by molar-refractivity contribution is 5.67. The van der Waals surface area contributed by atoms with Crippen LogP contribution in [-0.2, 0) is 71.1 Å². The Kier molecular flexibility index (Phi) is 45.7. The lowest BCUT2D eigenvalue weighted by Gasteiger charge is -2.36. The van der Waals surface area contributed by atoms with Gasteiger partial charge >= 0.3 is 141 Å². The number of amides is 1. The zero-order valence-corrected chi connectivity index (χ0v) is 59.0. The molecular formula is C50H51F55N2O16. The molecule has 0 aromatic heterocycles. The average Bonchev–Trinajstić information content (AvgIpc) is 0.763. The van der Waals surface area contributed by atoms with Gasteiger partial charge in [-0.05, 0) is 27.4 Å². The molecule has 742 valence electrons. The van der Waals surface area contributed by atoms with Crippen LogP contribution in [-0.4, -0.2) is 283 Å². The van der Waals surface area contributed by atoms with Crippen LogP contribution in [0.3, 0.4) is 0 Å². The summed E-state index contributed by atoms with van der Waals surface area (Å²) < 4.78 is 744. The van der Waals surface area contributed by atoms with Crippen molar-refractivity contribution in [2.75, 3.05) is 99.6 Å². The molecule has 2 N–H and O–H groups in total. The minimum atomic E-state index is -7.44. The highest BCUT2D eigenvalue weighted by Gasteiger charge is 2.80. The molecule has 0 aliphatic rings. The molecule has 0 aliphatic heterocycles. The van der Waals surface area contributed by atoms with Gasteiger partial charge in [0.2, 0.25) is 0 Å². The number of rotatable bonds is 45. The number of methoxy groups -OCH3 is 1. The van der Waals surface area contributed by atoms with E-state index in [0.29, 0.717) is 0 Å². The summed E-state index contributed by atoms with van der Waals surface area (Å²) in [5.41, 5.74) is 0. The van der Waals surface area contributed by atoms with Crippen molar-refractivity contribution in [1.29, 1.82) is 0 Å². The quantitative estimate of drug-likeness (QED) is 0.0334. The molecule has 0 saturated carbocycles. The summed E-state index contributed by atoms with van der Waals surface area (Å²) in [5.74, 6) is -33.5. The van der Waals surface area contributed by atoms with E-state index < -0.39 is 255 Å². The van der Waals surface area contributed by atoms with Gasteiger partial charge in [0.25, 0.3) is 0 Å². The van der Waals surface area contributed by atoms with Crippen LogP contribution >= 0.6 is 0 Å². The van der Waals surface area contributed by atoms with E-state index in [0.717, 1.165) is 6.92 Å². The molecule has 0 aromatic rings. The molecule has 0 heterocycles. The summed E-state index contributed by atoms with van der Waals surface area (Å²) in [7, 11) is -0.191. The average molecular weight is 1980 g/mol. The molecule has 0 rings (SSSR count). The van der Waals surface area contributed by atoms with Crippen molar-refractivity contribution < 1.29 is 317 Å². The maximum Gasteiger partial charge on any atom is 0.559 e. The second kappa shape index (κ2) is 45.5. The molecule has 73 heteroatoms. The molecule has 0 fully saturated rings. The summed E-state index contributed by atoms with van der Waals surface area (Å²) in [6, 6.07) is -2.02. The largest absolute Gasteiger partial charge is 0.559 e. The normalized spacial score (nSPS) is 17.9. The molecule has 123 heavy (non-hydrogen) atoms. The van der Waals surface area contributed by atoms with E-state index in [1.807, 2.05) is 5.32 Å². The van der Waals surface area contributed by atoms with Crippen LogP contribution in [0.4, 0.5) is 246 Å². The lowest BCUT2D eigenvalue weighted by atomic mass is 10.2. The standard InChI is InChI=1S/C29H37F21N2O10.C19H14F26O6.2CF4/c1-14(52-20(53)59-12-19(23(36,37)38)62-29(49,50)25(40,27(44,45)46)60-13-21(30,31)32)8-55-6-7-56-10-16(3)57-9-15(2)51-17(4)58-11-18(22(33,34)35)61-28(47,48)24(39,54-5)26(41,42)43;20-9(15(33,34)35,48-4-8(12(27,28)29)50-18(42,43)13(30,31)16(36,37)38)5-47-2-1-46-3-7(11(24,25)26)51-19(44,45)14(32,17(39,40)41)49-6-10(21,22)23;2*2-1(3,4)5/h14-16,18-19,51H,4,6-13H2,1-3,5H3,(H,52,53);7-8H,1-6H2;;. The molecule has 11 unspecified atom stereocenters. The number of ether oxygens (including phenoxy) is 15. The van der Waals surface area contributed by atoms with Gasteiger partial charge < -0.3 is 67.5 Å². The van der Waals surface area contributed by atoms with Crippen LogP contribution in [0.25, 0.3) is 0 Å². The molecule has 0 aliphatic carbocycles. The maximum atomic E-state index is 14.3. The molecule has 1 amide bonds. The maximum absolute atomic E-state index is 14.3. The van der Waals surface area contributed by atoms with E-state index in [1.165, 1.54) is 13.8 Å². The van der Waals surface area contributed by atoms with Crippen LogP contribution in [0.2, 0.25) is 0 Å². The summed E-state index contributed by atoms with van der Waals surface area (Å²) in [4.78, 5) is 11.8. The summed E-state index contributed by atoms with van der Waals surface area (Å²) in [5, 5.41) is 4.13. The zero-order valence-electron chi connectivity index (χ0n) is 59.0. The molecule has 0 radical (unpaired) electrons. The minimum Gasteiger partial charge on any atom is -0.477 e. The topological polar surface area (TPSA) is 180 Å². The summed E-state index contributed by atoms with van der Waals surface area (Å²) in [6.07, 6.45) is -130. The zero-order chi connectivity index (χ0) is 99.1. The van der Waals surface area contributed by atoms with Crippen LogP contribution in [0, 0.1) is 0 Å². The van der Waals surface area contributed by atoms with Crippen molar-refractivity contribution in [3.8, 4) is 0 Å². The monoisotopic (exact) mass is 1980 g/mol. The Morgan fingerprint density at radius 2 is 0.602 bits per heavy atom. The highest BCUT2D eigenvalue weighted by atomic mass is 19.5. The first-order valence-corrected chi connectivity index (χ1v) is 29.8. The van der Waals surface area contributed by atoms with E-state index in [-0.39, 0.29) is 33.5 Å². The van der Waals surface area contributed by atoms with Gasteiger partial charge in [-0.15, -0.1) is 35.1 Å². The number of carbonyl (C=O) groups excluding carboxylic acids is 1. The SMILES string of the molecule is C=C(NC(C)COC(C)COCCOCC(C)NC(=O)OCC(OC(F)(F)C(F)(OCC(F)(F)F)C(F)(F)F)C(F)(F)F)OCC(OC(F)(F)C(F)(OC)C(F)(F)F)C(F)(F)F.FC(F)(F)COC(F)(C(F)(F)F)C(F)(F)OC(COCCOCC(F)(OCC(OC(F)(F)C(F)(F)C(F)(F)F)C(F)(F)F)C(F)(F)F)C(F)(F)F.FC(F)(F)F.FC(F)(F)F. The number of carbonyl (C=O) groups is 1. The third kappa shape index (κ3) is 44.7. The third-order valence-electron chi connectivity index (χ3n) is 11.8. The number of nitrogens with one attached hydrogen (secondary N) is 2. The van der Waals surface area contributed by atoms with Gasteiger partial charge in [0.05, 0.1) is 71.6 Å². The lowest BCUT2D eigenvalue weighted by Crippen LogP contribution is -2.61. The van der Waals surface area contributed by atoms with Gasteiger partial charge in [0.1, 0.15) is 33.0 Å². The molecule has 0 saturated heterocycles. The van der Waals surface area contributed by atoms with Crippen molar-refractivity contribution in [2.45, 2.75) is 198 Å². The Bertz CT molecular complexity index is 3000. The highest BCUT2D eigenvalue weighted by Crippen LogP contribution is 2.54. The van der Waals surface area contributed by atoms with Crippen LogP contribution in [0.1, 0.15) is 20.8 Å². The second-order valence-corrected chi connectivity index (χ2v) is 22.3. The predicted molar refractivity (Wildman–Crippen MR) is 276 cm³/mol. The van der Waals surface area contributed by atoms with Crippen LogP contribution in [0.15, 0.2) is 12.5 Å². The van der Waals surface area contributed by atoms with Crippen LogP contribution in [0.5, 0.6) is 0 Å². The number of alkyl carbamates (subject to hydrolysis) is 1. The number of hydrogen-bond acceptors (Lipinski definition) is 17. The van der Waals surface area contributed by atoms with Gasteiger partial charge in [0, 0.05) is 13.2 Å². The first-order valence-electron chi connectivity index (χ1n) is 29.8. The van der Waals surface area contributed by atoms with Gasteiger partial charge in [-0.25, -0.2) is 4.79 Å². The smallest absolute Gasteiger partial charge is 0.477 e. The fraction of sp³-hybridized carbons (Fsp3) is 0.940. The molecule has 0 aromatic carbocycles. The second-order valence-electron chi connectivity index (χ2n) is 22.3. The first kappa shape index (κ1) is 124. The molecule has 11 atom stereocenters. The van der Waals surface area contributed by atoms with E-state index in [2.05, 4.69) is 68.7 Å². The van der Waals surface area contributed by atoms with E-state index in [4.69, 9.17) is 14.2 Å². The Hall–Kier alpha value is -5.76. The predicted octanol–water partition coefficient (Wildman–Crippen LogP) is 19.1. The molecule has 0 bridgehead atoms. The lowest BCUT2D eigenvalue weighted by molar-refractivity contribution is -0.481. The minimum absolute atomic E-state index is 0.176. The van der Waals surface area contributed by atoms with Crippen molar-refractivity contribution in [3.63, 3.8) is 0 Å². The number of hydrogen-bond donors (Lipinski definition) is 2. The number of halogens is 55. The van der Waals surface area contributed by atoms with Gasteiger partial charge in [0.15, 0.2) is 30.3 Å². The van der Waals surface area contributed by atoms with E-state index >= 15 is 0 Å². The van der Waals surface area contributed by atoms with Crippen LogP contribution < -0.4 is 10.6 Å². The Morgan fingerprint density at radius 3 is 0.919 bits per heavy atom. The molecular weight excluding hydrogens is 1930 g/mol. The Morgan fingerprint density at radius 1 is 0.309 bits per heavy atom. The fourth-order valence-electron chi connectivity index (χ4n) is 6.27. The number of alkyl halides is 55. The van der Waals surface area contributed by atoms with Crippen molar-refractivity contribution in [2.24, 2.45) is 0 Å². The third-order valence-corrected chi connectivity index (χ3v) is 11.8. The Balaban J connectivity index is -0.00000105. The van der Waals surface area contributed by atoms with Crippen molar-refractivity contribution >= 4 is 6.09 Å². The molecule has 18 nitrogen and oxygen atoms in total. The summed E-state index contributed by atoms with van der Waals surface area (Å²) >= 11 is 0. The molecule has 0 spiro atoms. The van der Waals surface area contributed by atoms with E-state index in [1.54, 1.807) is 0 Å².